The Bertz CT molecular complexity index is 679. The number of carboxylic acids is 1. The van der Waals surface area contributed by atoms with Gasteiger partial charge in [-0.25, -0.2) is 0 Å². The van der Waals surface area contributed by atoms with Crippen LogP contribution in [0.15, 0.2) is 11.6 Å². The Morgan fingerprint density at radius 1 is 1.23 bits per heavy atom. The lowest BCUT2D eigenvalue weighted by Crippen LogP contribution is -2.51. The topological polar surface area (TPSA) is 81.3 Å². The third-order valence-corrected chi connectivity index (χ3v) is 8.96. The van der Waals surface area contributed by atoms with E-state index >= 15 is 0 Å². The Balaban J connectivity index is 1.64. The third kappa shape index (κ3) is 2.39. The summed E-state index contributed by atoms with van der Waals surface area (Å²) >= 11 is 0. The number of nitrogens with zero attached hydrogens (tertiary/aromatic N) is 1. The highest BCUT2D eigenvalue weighted by Crippen LogP contribution is 2.67. The number of fused-ring (bicyclic) bond motifs is 5. The summed E-state index contributed by atoms with van der Waals surface area (Å²) in [5.74, 6) is -0.0319. The van der Waals surface area contributed by atoms with Crippen molar-refractivity contribution >= 4 is 5.97 Å². The fourth-order valence-corrected chi connectivity index (χ4v) is 7.55. The third-order valence-electron chi connectivity index (χ3n) is 8.96. The molecule has 2 N–H and O–H groups in total. The molecule has 8 atom stereocenters. The summed E-state index contributed by atoms with van der Waals surface area (Å²) in [5.41, 5.74) is 1.66. The van der Waals surface area contributed by atoms with Gasteiger partial charge >= 0.3 is 5.97 Å². The molecule has 4 nitrogen and oxygen atoms in total. The summed E-state index contributed by atoms with van der Waals surface area (Å²) in [7, 11) is 0. The van der Waals surface area contributed by atoms with Gasteiger partial charge < -0.3 is 10.2 Å². The monoisotopic (exact) mass is 357 g/mol. The summed E-state index contributed by atoms with van der Waals surface area (Å²) in [6.45, 7) is 4.68. The van der Waals surface area contributed by atoms with E-state index in [1.807, 2.05) is 0 Å². The smallest absolute Gasteiger partial charge is 0.321 e. The highest BCUT2D eigenvalue weighted by Gasteiger charge is 2.60. The van der Waals surface area contributed by atoms with E-state index < -0.39 is 11.9 Å². The van der Waals surface area contributed by atoms with E-state index in [4.69, 9.17) is 0 Å². The number of aliphatic hydroxyl groups is 1. The van der Waals surface area contributed by atoms with Crippen LogP contribution in [0.25, 0.3) is 0 Å². The zero-order valence-corrected chi connectivity index (χ0v) is 15.9. The molecule has 142 valence electrons. The number of rotatable bonds is 2. The molecule has 3 fully saturated rings. The predicted octanol–water partition coefficient (Wildman–Crippen LogP) is 4.15. The van der Waals surface area contributed by atoms with E-state index in [1.54, 1.807) is 0 Å². The Morgan fingerprint density at radius 2 is 2.00 bits per heavy atom. The Morgan fingerprint density at radius 3 is 2.69 bits per heavy atom. The van der Waals surface area contributed by atoms with Crippen LogP contribution in [-0.2, 0) is 4.79 Å². The Kier molecular flexibility index (Phi) is 4.23. The van der Waals surface area contributed by atoms with Gasteiger partial charge in [0.25, 0.3) is 0 Å². The van der Waals surface area contributed by atoms with Crippen molar-refractivity contribution in [2.24, 2.45) is 40.4 Å². The van der Waals surface area contributed by atoms with E-state index in [2.05, 4.69) is 26.0 Å². The van der Waals surface area contributed by atoms with E-state index in [0.29, 0.717) is 17.8 Å². The lowest BCUT2D eigenvalue weighted by atomic mass is 9.47. The van der Waals surface area contributed by atoms with Crippen molar-refractivity contribution in [2.45, 2.75) is 71.3 Å². The molecule has 0 bridgehead atoms. The predicted molar refractivity (Wildman–Crippen MR) is 97.9 cm³/mol. The van der Waals surface area contributed by atoms with Gasteiger partial charge in [0.2, 0.25) is 0 Å². The fraction of sp³-hybridized carbons (Fsp3) is 0.818. The Labute approximate surface area is 156 Å². The average Bonchev–Trinajstić information content (AvgIpc) is 2.93. The van der Waals surface area contributed by atoms with Crippen molar-refractivity contribution < 1.29 is 15.0 Å². The number of aliphatic carboxylic acids is 1. The number of allylic oxidation sites excluding steroid dienone is 1. The van der Waals surface area contributed by atoms with Gasteiger partial charge in [0, 0.05) is 0 Å². The minimum Gasteiger partial charge on any atom is -0.480 e. The minimum absolute atomic E-state index is 0.0117. The molecule has 0 amide bonds. The van der Waals surface area contributed by atoms with Crippen LogP contribution >= 0.6 is 0 Å². The molecule has 0 aromatic rings. The van der Waals surface area contributed by atoms with Crippen LogP contribution in [0.1, 0.15) is 65.2 Å². The first-order chi connectivity index (χ1) is 12.3. The first kappa shape index (κ1) is 18.0. The first-order valence-corrected chi connectivity index (χ1v) is 10.3. The minimum atomic E-state index is -0.944. The maximum absolute atomic E-state index is 11.6. The first-order valence-electron chi connectivity index (χ1n) is 10.3. The molecule has 0 spiro atoms. The van der Waals surface area contributed by atoms with Crippen molar-refractivity contribution in [1.82, 2.24) is 0 Å². The highest BCUT2D eigenvalue weighted by atomic mass is 16.4. The van der Waals surface area contributed by atoms with Crippen LogP contribution < -0.4 is 0 Å². The zero-order valence-electron chi connectivity index (χ0n) is 15.9. The molecule has 4 heteroatoms. The standard InChI is InChI=1S/C22H31NO3/c1-21-9-7-14(24)11-13(21)3-4-15-17-5-6-18(16(12-23)20(25)26)22(17,2)10-8-19(15)21/h3,14-19,24H,4-11H2,1-2H3,(H,25,26)/t14-,15-,16?,17-,18+,19-,21-,22-/m0/s1. The molecule has 4 aliphatic rings. The van der Waals surface area contributed by atoms with Gasteiger partial charge in [-0.05, 0) is 85.9 Å². The normalized spacial score (nSPS) is 48.4. The summed E-state index contributed by atoms with van der Waals surface area (Å²) in [5, 5.41) is 29.1. The van der Waals surface area contributed by atoms with Crippen molar-refractivity contribution in [3.8, 4) is 6.07 Å². The molecule has 0 saturated heterocycles. The number of aliphatic hydroxyl groups excluding tert-OH is 1. The van der Waals surface area contributed by atoms with Gasteiger partial charge in [-0.2, -0.15) is 5.26 Å². The summed E-state index contributed by atoms with van der Waals surface area (Å²) in [6, 6.07) is 2.09. The largest absolute Gasteiger partial charge is 0.480 e. The van der Waals surface area contributed by atoms with Gasteiger partial charge in [0.1, 0.15) is 5.92 Å². The molecule has 4 aliphatic carbocycles. The number of carbonyl (C=O) groups is 1. The second-order valence-corrected chi connectivity index (χ2v) is 9.83. The number of hydrogen-bond acceptors (Lipinski definition) is 3. The van der Waals surface area contributed by atoms with E-state index in [0.717, 1.165) is 51.4 Å². The highest BCUT2D eigenvalue weighted by molar-refractivity contribution is 5.73. The lowest BCUT2D eigenvalue weighted by molar-refractivity contribution is -0.144. The summed E-state index contributed by atoms with van der Waals surface area (Å²) < 4.78 is 0. The van der Waals surface area contributed by atoms with Crippen molar-refractivity contribution in [2.75, 3.05) is 0 Å². The molecule has 0 aromatic heterocycles. The maximum Gasteiger partial charge on any atom is 0.321 e. The van der Waals surface area contributed by atoms with Gasteiger partial charge in [0.15, 0.2) is 0 Å². The fourth-order valence-electron chi connectivity index (χ4n) is 7.55. The number of hydrogen-bond donors (Lipinski definition) is 2. The second-order valence-electron chi connectivity index (χ2n) is 9.83. The molecule has 0 radical (unpaired) electrons. The van der Waals surface area contributed by atoms with Crippen molar-refractivity contribution in [3.05, 3.63) is 11.6 Å². The molecule has 26 heavy (non-hydrogen) atoms. The van der Waals surface area contributed by atoms with E-state index in [-0.39, 0.29) is 22.9 Å². The Hall–Kier alpha value is -1.34. The molecule has 0 aromatic carbocycles. The zero-order chi connectivity index (χ0) is 18.7. The summed E-state index contributed by atoms with van der Waals surface area (Å²) in [6.07, 6.45) is 10.2. The van der Waals surface area contributed by atoms with Crippen LogP contribution in [-0.4, -0.2) is 22.3 Å². The van der Waals surface area contributed by atoms with Gasteiger partial charge in [-0.3, -0.25) is 4.79 Å². The second kappa shape index (κ2) is 6.09. The van der Waals surface area contributed by atoms with E-state index in [9.17, 15) is 20.3 Å². The molecular formula is C22H31NO3. The lowest BCUT2D eigenvalue weighted by Gasteiger charge is -2.58. The van der Waals surface area contributed by atoms with Crippen LogP contribution in [0, 0.1) is 51.8 Å². The van der Waals surface area contributed by atoms with Gasteiger partial charge in [-0.15, -0.1) is 0 Å². The molecule has 0 aliphatic heterocycles. The quantitative estimate of drug-likeness (QED) is 0.727. The van der Waals surface area contributed by atoms with Gasteiger partial charge in [0.05, 0.1) is 12.2 Å². The van der Waals surface area contributed by atoms with E-state index in [1.165, 1.54) is 5.57 Å². The molecule has 1 unspecified atom stereocenters. The van der Waals surface area contributed by atoms with Crippen LogP contribution in [0.3, 0.4) is 0 Å². The van der Waals surface area contributed by atoms with Crippen LogP contribution in [0.5, 0.6) is 0 Å². The van der Waals surface area contributed by atoms with Crippen molar-refractivity contribution in [1.29, 1.82) is 5.26 Å². The molecular weight excluding hydrogens is 326 g/mol. The average molecular weight is 357 g/mol. The number of nitriles is 1. The SMILES string of the molecule is C[C@]12CC[C@H]3[C@@H](CC=C4C[C@@H](O)CC[C@@]43C)[C@@H]1CC[C@@H]2C(C#N)C(=O)O. The van der Waals surface area contributed by atoms with Crippen LogP contribution in [0.2, 0.25) is 0 Å². The summed E-state index contributed by atoms with van der Waals surface area (Å²) in [4.78, 5) is 11.6. The molecule has 0 heterocycles. The molecule has 3 saturated carbocycles. The van der Waals surface area contributed by atoms with Crippen molar-refractivity contribution in [3.63, 3.8) is 0 Å². The molecule has 4 rings (SSSR count). The van der Waals surface area contributed by atoms with Crippen LogP contribution in [0.4, 0.5) is 0 Å². The van der Waals surface area contributed by atoms with Gasteiger partial charge in [-0.1, -0.05) is 25.5 Å². The number of carboxylic acid groups (broad SMARTS) is 1. The maximum atomic E-state index is 11.6.